The van der Waals surface area contributed by atoms with E-state index in [0.717, 1.165) is 26.2 Å². The van der Waals surface area contributed by atoms with Crippen molar-refractivity contribution in [3.05, 3.63) is 30.3 Å². The minimum Gasteiger partial charge on any atom is -0.371 e. The lowest BCUT2D eigenvalue weighted by Gasteiger charge is -2.23. The number of hydrogen-bond acceptors (Lipinski definition) is 2. The van der Waals surface area contributed by atoms with Gasteiger partial charge in [-0.2, -0.15) is 0 Å². The third kappa shape index (κ3) is 6.06. The Morgan fingerprint density at radius 1 is 0.944 bits per heavy atom. The molecule has 0 radical (unpaired) electrons. The maximum atomic E-state index is 3.54. The Hall–Kier alpha value is -1.02. The van der Waals surface area contributed by atoms with E-state index in [1.165, 1.54) is 31.4 Å². The Balaban J connectivity index is 2.13. The maximum absolute atomic E-state index is 3.54. The Morgan fingerprint density at radius 3 is 2.39 bits per heavy atom. The predicted molar refractivity (Wildman–Crippen MR) is 81.3 cm³/mol. The van der Waals surface area contributed by atoms with Crippen molar-refractivity contribution in [2.24, 2.45) is 0 Å². The monoisotopic (exact) mass is 248 g/mol. The Morgan fingerprint density at radius 2 is 1.72 bits per heavy atom. The molecule has 102 valence electrons. The van der Waals surface area contributed by atoms with Crippen LogP contribution in [0.25, 0.3) is 0 Å². The smallest absolute Gasteiger partial charge is 0.0366 e. The van der Waals surface area contributed by atoms with Crippen LogP contribution in [0.5, 0.6) is 0 Å². The van der Waals surface area contributed by atoms with E-state index in [0.29, 0.717) is 0 Å². The van der Waals surface area contributed by atoms with Gasteiger partial charge in [-0.3, -0.25) is 0 Å². The largest absolute Gasteiger partial charge is 0.371 e. The summed E-state index contributed by atoms with van der Waals surface area (Å²) in [4.78, 5) is 2.42. The third-order valence-electron chi connectivity index (χ3n) is 3.27. The van der Waals surface area contributed by atoms with Gasteiger partial charge in [-0.25, -0.2) is 0 Å². The zero-order chi connectivity index (χ0) is 13.1. The number of anilines is 1. The molecule has 1 aromatic carbocycles. The molecule has 1 rings (SSSR count). The van der Waals surface area contributed by atoms with E-state index in [4.69, 9.17) is 0 Å². The van der Waals surface area contributed by atoms with Crippen molar-refractivity contribution >= 4 is 5.69 Å². The summed E-state index contributed by atoms with van der Waals surface area (Å²) in [7, 11) is 0. The van der Waals surface area contributed by atoms with Crippen LogP contribution >= 0.6 is 0 Å². The topological polar surface area (TPSA) is 15.3 Å². The van der Waals surface area contributed by atoms with Gasteiger partial charge in [0.1, 0.15) is 0 Å². The standard InChI is InChI=1S/C16H28N2/c1-3-5-6-10-13-17-14-15-18(4-2)16-11-8-7-9-12-16/h7-9,11-12,17H,3-6,10,13-15H2,1-2H3. The lowest BCUT2D eigenvalue weighted by atomic mass is 10.2. The fourth-order valence-corrected chi connectivity index (χ4v) is 2.12. The highest BCUT2D eigenvalue weighted by atomic mass is 15.1. The number of rotatable bonds is 10. The van der Waals surface area contributed by atoms with E-state index in [9.17, 15) is 0 Å². The number of unbranched alkanes of at least 4 members (excludes halogenated alkanes) is 3. The van der Waals surface area contributed by atoms with Crippen LogP contribution in [0.4, 0.5) is 5.69 Å². The number of nitrogens with zero attached hydrogens (tertiary/aromatic N) is 1. The Bertz CT molecular complexity index is 284. The molecule has 0 aliphatic rings. The molecule has 0 atom stereocenters. The van der Waals surface area contributed by atoms with Gasteiger partial charge in [0.05, 0.1) is 0 Å². The van der Waals surface area contributed by atoms with Crippen molar-refractivity contribution in [1.82, 2.24) is 5.32 Å². The van der Waals surface area contributed by atoms with Gasteiger partial charge in [-0.15, -0.1) is 0 Å². The molecule has 1 N–H and O–H groups in total. The average Bonchev–Trinajstić information content (AvgIpc) is 2.43. The van der Waals surface area contributed by atoms with Gasteiger partial charge in [0.25, 0.3) is 0 Å². The first-order chi connectivity index (χ1) is 8.88. The molecule has 0 aliphatic heterocycles. The lowest BCUT2D eigenvalue weighted by Crippen LogP contribution is -2.32. The summed E-state index contributed by atoms with van der Waals surface area (Å²) >= 11 is 0. The van der Waals surface area contributed by atoms with E-state index in [-0.39, 0.29) is 0 Å². The molecule has 0 fully saturated rings. The molecule has 0 aliphatic carbocycles. The van der Waals surface area contributed by atoms with Crippen molar-refractivity contribution in [1.29, 1.82) is 0 Å². The summed E-state index contributed by atoms with van der Waals surface area (Å²) in [6, 6.07) is 10.7. The van der Waals surface area contributed by atoms with Gasteiger partial charge in [0.2, 0.25) is 0 Å². The zero-order valence-corrected chi connectivity index (χ0v) is 12.0. The highest BCUT2D eigenvalue weighted by molar-refractivity contribution is 5.45. The number of para-hydroxylation sites is 1. The summed E-state index contributed by atoms with van der Waals surface area (Å²) in [6.07, 6.45) is 5.36. The summed E-state index contributed by atoms with van der Waals surface area (Å²) in [6.45, 7) is 8.87. The minimum atomic E-state index is 1.07. The number of likely N-dealkylation sites (N-methyl/N-ethyl adjacent to an activating group) is 1. The number of hydrogen-bond donors (Lipinski definition) is 1. The quantitative estimate of drug-likeness (QED) is 0.635. The van der Waals surface area contributed by atoms with Crippen molar-refractivity contribution < 1.29 is 0 Å². The van der Waals surface area contributed by atoms with Crippen LogP contribution in [0.2, 0.25) is 0 Å². The first-order valence-corrected chi connectivity index (χ1v) is 7.39. The molecule has 1 aromatic rings. The van der Waals surface area contributed by atoms with Crippen molar-refractivity contribution in [2.45, 2.75) is 39.5 Å². The molecule has 0 bridgehead atoms. The Labute approximate surface area is 112 Å². The second-order valence-electron chi connectivity index (χ2n) is 4.73. The van der Waals surface area contributed by atoms with Crippen LogP contribution in [0.3, 0.4) is 0 Å². The second kappa shape index (κ2) is 9.95. The molecule has 0 heterocycles. The van der Waals surface area contributed by atoms with Crippen molar-refractivity contribution in [3.63, 3.8) is 0 Å². The molecular weight excluding hydrogens is 220 g/mol. The first-order valence-electron chi connectivity index (χ1n) is 7.39. The number of benzene rings is 1. The SMILES string of the molecule is CCCCCCNCCN(CC)c1ccccc1. The molecule has 0 saturated carbocycles. The van der Waals surface area contributed by atoms with Crippen LogP contribution in [0.1, 0.15) is 39.5 Å². The van der Waals surface area contributed by atoms with Crippen molar-refractivity contribution in [3.8, 4) is 0 Å². The van der Waals surface area contributed by atoms with Crippen LogP contribution in [0, 0.1) is 0 Å². The normalized spacial score (nSPS) is 10.6. The van der Waals surface area contributed by atoms with E-state index in [1.807, 2.05) is 0 Å². The molecule has 0 unspecified atom stereocenters. The summed E-state index contributed by atoms with van der Waals surface area (Å²) in [5.74, 6) is 0. The molecule has 0 saturated heterocycles. The zero-order valence-electron chi connectivity index (χ0n) is 12.0. The molecular formula is C16H28N2. The van der Waals surface area contributed by atoms with Gasteiger partial charge in [0, 0.05) is 25.3 Å². The van der Waals surface area contributed by atoms with Gasteiger partial charge >= 0.3 is 0 Å². The highest BCUT2D eigenvalue weighted by Crippen LogP contribution is 2.11. The maximum Gasteiger partial charge on any atom is 0.0366 e. The second-order valence-corrected chi connectivity index (χ2v) is 4.73. The van der Waals surface area contributed by atoms with Crippen LogP contribution in [0.15, 0.2) is 30.3 Å². The van der Waals surface area contributed by atoms with E-state index < -0.39 is 0 Å². The van der Waals surface area contributed by atoms with Crippen LogP contribution in [-0.4, -0.2) is 26.2 Å². The molecule has 0 amide bonds. The summed E-state index contributed by atoms with van der Waals surface area (Å²) < 4.78 is 0. The predicted octanol–water partition coefficient (Wildman–Crippen LogP) is 3.68. The fourth-order valence-electron chi connectivity index (χ4n) is 2.12. The molecule has 0 spiro atoms. The number of nitrogens with one attached hydrogen (secondary N) is 1. The molecule has 2 heteroatoms. The molecule has 2 nitrogen and oxygen atoms in total. The first kappa shape index (κ1) is 15.0. The average molecular weight is 248 g/mol. The summed E-state index contributed by atoms with van der Waals surface area (Å²) in [5, 5.41) is 3.54. The minimum absolute atomic E-state index is 1.07. The van der Waals surface area contributed by atoms with E-state index in [1.54, 1.807) is 0 Å². The molecule has 0 aromatic heterocycles. The van der Waals surface area contributed by atoms with Crippen LogP contribution in [-0.2, 0) is 0 Å². The lowest BCUT2D eigenvalue weighted by molar-refractivity contribution is 0.594. The van der Waals surface area contributed by atoms with Gasteiger partial charge in [-0.05, 0) is 32.0 Å². The Kier molecular flexibility index (Phi) is 8.32. The van der Waals surface area contributed by atoms with E-state index in [2.05, 4.69) is 54.4 Å². The van der Waals surface area contributed by atoms with Crippen molar-refractivity contribution in [2.75, 3.05) is 31.1 Å². The van der Waals surface area contributed by atoms with Crippen LogP contribution < -0.4 is 10.2 Å². The molecule has 18 heavy (non-hydrogen) atoms. The fraction of sp³-hybridized carbons (Fsp3) is 0.625. The van der Waals surface area contributed by atoms with Gasteiger partial charge in [-0.1, -0.05) is 44.4 Å². The van der Waals surface area contributed by atoms with Gasteiger partial charge < -0.3 is 10.2 Å². The van der Waals surface area contributed by atoms with E-state index >= 15 is 0 Å². The summed E-state index contributed by atoms with van der Waals surface area (Å²) in [5.41, 5.74) is 1.33. The highest BCUT2D eigenvalue weighted by Gasteiger charge is 2.01. The van der Waals surface area contributed by atoms with Gasteiger partial charge in [0.15, 0.2) is 0 Å². The third-order valence-corrected chi connectivity index (χ3v) is 3.27.